The van der Waals surface area contributed by atoms with Gasteiger partial charge in [-0.3, -0.25) is 5.10 Å². The number of H-pyrrole nitrogens is 1. The largest absolute Gasteiger partial charge is 0.475 e. The Balaban J connectivity index is 1.39. The van der Waals surface area contributed by atoms with Crippen LogP contribution in [0, 0.1) is 6.92 Å². The van der Waals surface area contributed by atoms with Gasteiger partial charge in [-0.2, -0.15) is 15.1 Å². The molecule has 11 nitrogen and oxygen atoms in total. The Morgan fingerprint density at radius 1 is 1.25 bits per heavy atom. The van der Waals surface area contributed by atoms with Crippen LogP contribution in [0.2, 0.25) is 0 Å². The summed E-state index contributed by atoms with van der Waals surface area (Å²) in [4.78, 5) is 15.7. The number of nitrogens with zero attached hydrogens (tertiary/aromatic N) is 6. The maximum Gasteiger partial charge on any atom is 0.231 e. The highest BCUT2D eigenvalue weighted by molar-refractivity contribution is 7.13. The zero-order valence-corrected chi connectivity index (χ0v) is 18.4. The Kier molecular flexibility index (Phi) is 5.69. The van der Waals surface area contributed by atoms with Crippen LogP contribution in [0.5, 0.6) is 5.88 Å². The normalized spacial score (nSPS) is 15.6. The SMILES string of the molecule is COCCOc1cc(Nc2cc(C)[nH]n2)nc(N2CC[C@H]2c2cc(-c3nccs3)no2)n1. The number of nitrogens with one attached hydrogen (secondary N) is 2. The molecule has 1 atom stereocenters. The van der Waals surface area contributed by atoms with Gasteiger partial charge in [0, 0.05) is 49.1 Å². The summed E-state index contributed by atoms with van der Waals surface area (Å²) in [6.45, 7) is 3.58. The van der Waals surface area contributed by atoms with Crippen molar-refractivity contribution in [2.75, 3.05) is 37.1 Å². The van der Waals surface area contributed by atoms with E-state index in [-0.39, 0.29) is 6.04 Å². The molecule has 0 bridgehead atoms. The number of hydrogen-bond acceptors (Lipinski definition) is 11. The first-order valence-corrected chi connectivity index (χ1v) is 11.0. The van der Waals surface area contributed by atoms with E-state index in [4.69, 9.17) is 14.0 Å². The highest BCUT2D eigenvalue weighted by atomic mass is 32.1. The minimum absolute atomic E-state index is 0.00841. The average Bonchev–Trinajstić information content (AvgIpc) is 3.50. The summed E-state index contributed by atoms with van der Waals surface area (Å²) in [7, 11) is 1.63. The van der Waals surface area contributed by atoms with Gasteiger partial charge in [0.05, 0.1) is 12.6 Å². The molecule has 1 aliphatic rings. The van der Waals surface area contributed by atoms with Gasteiger partial charge in [0.15, 0.2) is 11.6 Å². The van der Waals surface area contributed by atoms with Gasteiger partial charge in [-0.1, -0.05) is 5.16 Å². The van der Waals surface area contributed by atoms with Crippen LogP contribution in [0.3, 0.4) is 0 Å². The van der Waals surface area contributed by atoms with E-state index in [1.807, 2.05) is 24.4 Å². The van der Waals surface area contributed by atoms with E-state index in [1.165, 1.54) is 11.3 Å². The predicted octanol–water partition coefficient (Wildman–Crippen LogP) is 3.34. The van der Waals surface area contributed by atoms with Gasteiger partial charge in [-0.05, 0) is 13.3 Å². The summed E-state index contributed by atoms with van der Waals surface area (Å²) < 4.78 is 16.5. The first-order chi connectivity index (χ1) is 15.7. The molecular weight excluding hydrogens is 432 g/mol. The van der Waals surface area contributed by atoms with Crippen molar-refractivity contribution in [2.45, 2.75) is 19.4 Å². The number of rotatable bonds is 9. The molecule has 5 rings (SSSR count). The molecule has 0 unspecified atom stereocenters. The summed E-state index contributed by atoms with van der Waals surface area (Å²) in [6, 6.07) is 5.56. The number of methoxy groups -OCH3 is 1. The second-order valence-corrected chi connectivity index (χ2v) is 8.14. The van der Waals surface area contributed by atoms with Gasteiger partial charge in [-0.25, -0.2) is 4.98 Å². The second-order valence-electron chi connectivity index (χ2n) is 7.24. The Bertz CT molecular complexity index is 1180. The molecule has 1 aliphatic heterocycles. The van der Waals surface area contributed by atoms with Crippen molar-refractivity contribution in [3.63, 3.8) is 0 Å². The summed E-state index contributed by atoms with van der Waals surface area (Å²) in [6.07, 6.45) is 2.66. The molecule has 0 aromatic carbocycles. The smallest absolute Gasteiger partial charge is 0.231 e. The fourth-order valence-electron chi connectivity index (χ4n) is 3.34. The lowest BCUT2D eigenvalue weighted by Gasteiger charge is -2.39. The molecule has 4 aromatic rings. The van der Waals surface area contributed by atoms with Crippen LogP contribution in [-0.2, 0) is 4.74 Å². The molecule has 1 saturated heterocycles. The standard InChI is InChI=1S/C20H22N8O3S/c1-12-9-17(26-25-12)22-16-11-18(30-7-6-29-2)24-20(23-16)28-5-3-14(28)15-10-13(27-31-15)19-21-4-8-32-19/h4,8-11,14H,3,5-7H2,1-2H3,(H2,22,23,24,25,26)/t14-/m0/s1. The van der Waals surface area contributed by atoms with Gasteiger partial charge in [0.2, 0.25) is 11.8 Å². The molecule has 0 aliphatic carbocycles. The average molecular weight is 455 g/mol. The van der Waals surface area contributed by atoms with E-state index < -0.39 is 0 Å². The topological polar surface area (TPSA) is 127 Å². The molecular formula is C20H22N8O3S. The number of anilines is 3. The molecule has 1 fully saturated rings. The third kappa shape index (κ3) is 4.27. The van der Waals surface area contributed by atoms with E-state index in [0.29, 0.717) is 36.7 Å². The quantitative estimate of drug-likeness (QED) is 0.363. The zero-order chi connectivity index (χ0) is 21.9. The minimum Gasteiger partial charge on any atom is -0.475 e. The van der Waals surface area contributed by atoms with Gasteiger partial charge >= 0.3 is 0 Å². The third-order valence-electron chi connectivity index (χ3n) is 4.98. The van der Waals surface area contributed by atoms with Crippen LogP contribution in [0.15, 0.2) is 34.3 Å². The van der Waals surface area contributed by atoms with Gasteiger partial charge < -0.3 is 24.2 Å². The third-order valence-corrected chi connectivity index (χ3v) is 5.77. The van der Waals surface area contributed by atoms with Crippen molar-refractivity contribution in [2.24, 2.45) is 0 Å². The van der Waals surface area contributed by atoms with Crippen LogP contribution in [-0.4, -0.2) is 57.2 Å². The van der Waals surface area contributed by atoms with Crippen molar-refractivity contribution in [3.05, 3.63) is 41.2 Å². The molecule has 166 valence electrons. The molecule has 4 aromatic heterocycles. The number of ether oxygens (including phenoxy) is 2. The number of thiazole rings is 1. The maximum absolute atomic E-state index is 5.77. The van der Waals surface area contributed by atoms with E-state index in [2.05, 4.69) is 40.5 Å². The van der Waals surface area contributed by atoms with Crippen LogP contribution in [0.4, 0.5) is 17.6 Å². The van der Waals surface area contributed by atoms with Crippen LogP contribution >= 0.6 is 11.3 Å². The van der Waals surface area contributed by atoms with Crippen LogP contribution in [0.25, 0.3) is 10.7 Å². The Morgan fingerprint density at radius 3 is 2.91 bits per heavy atom. The highest BCUT2D eigenvalue weighted by Crippen LogP contribution is 2.38. The second kappa shape index (κ2) is 8.93. The molecule has 0 saturated carbocycles. The number of aromatic amines is 1. The molecule has 5 heterocycles. The Morgan fingerprint density at radius 2 is 2.19 bits per heavy atom. The van der Waals surface area contributed by atoms with Crippen molar-refractivity contribution in [3.8, 4) is 16.6 Å². The Hall–Kier alpha value is -3.51. The molecule has 0 amide bonds. The zero-order valence-electron chi connectivity index (χ0n) is 17.6. The van der Waals surface area contributed by atoms with Gasteiger partial charge in [0.25, 0.3) is 0 Å². The molecule has 0 radical (unpaired) electrons. The van der Waals surface area contributed by atoms with Crippen LogP contribution < -0.4 is 15.0 Å². The van der Waals surface area contributed by atoms with Gasteiger partial charge in [-0.15, -0.1) is 11.3 Å². The molecule has 2 N–H and O–H groups in total. The van der Waals surface area contributed by atoms with Crippen molar-refractivity contribution in [1.29, 1.82) is 0 Å². The number of hydrogen-bond donors (Lipinski definition) is 2. The fourth-order valence-corrected chi connectivity index (χ4v) is 3.93. The van der Waals surface area contributed by atoms with E-state index in [1.54, 1.807) is 19.4 Å². The van der Waals surface area contributed by atoms with Gasteiger partial charge in [0.1, 0.15) is 23.1 Å². The summed E-state index contributed by atoms with van der Waals surface area (Å²) in [5.41, 5.74) is 1.68. The monoisotopic (exact) mass is 454 g/mol. The van der Waals surface area contributed by atoms with Crippen LogP contribution in [0.1, 0.15) is 23.9 Å². The first kappa shape index (κ1) is 20.4. The lowest BCUT2D eigenvalue weighted by Crippen LogP contribution is -2.42. The van der Waals surface area contributed by atoms with E-state index in [9.17, 15) is 0 Å². The summed E-state index contributed by atoms with van der Waals surface area (Å²) in [5.74, 6) is 3.00. The summed E-state index contributed by atoms with van der Waals surface area (Å²) >= 11 is 1.52. The van der Waals surface area contributed by atoms with E-state index >= 15 is 0 Å². The lowest BCUT2D eigenvalue weighted by molar-refractivity contribution is 0.143. The minimum atomic E-state index is -0.00841. The molecule has 32 heavy (non-hydrogen) atoms. The number of aromatic nitrogens is 6. The highest BCUT2D eigenvalue weighted by Gasteiger charge is 2.35. The Labute approximate surface area is 187 Å². The van der Waals surface area contributed by atoms with Crippen molar-refractivity contribution in [1.82, 2.24) is 30.3 Å². The molecule has 12 heteroatoms. The number of aryl methyl sites for hydroxylation is 1. The first-order valence-electron chi connectivity index (χ1n) is 10.1. The maximum atomic E-state index is 5.77. The predicted molar refractivity (Wildman–Crippen MR) is 118 cm³/mol. The van der Waals surface area contributed by atoms with Crippen molar-refractivity contribution < 1.29 is 14.0 Å². The van der Waals surface area contributed by atoms with Crippen molar-refractivity contribution >= 4 is 28.9 Å². The summed E-state index contributed by atoms with van der Waals surface area (Å²) in [5, 5.41) is 17.2. The lowest BCUT2D eigenvalue weighted by atomic mass is 10.0. The molecule has 0 spiro atoms. The fraction of sp³-hybridized carbons (Fsp3) is 0.350. The van der Waals surface area contributed by atoms with E-state index in [0.717, 1.165) is 35.1 Å².